The van der Waals surface area contributed by atoms with Gasteiger partial charge in [-0.25, -0.2) is 0 Å². The van der Waals surface area contributed by atoms with Crippen LogP contribution in [0.1, 0.15) is 32.6 Å². The van der Waals surface area contributed by atoms with E-state index < -0.39 is 5.41 Å². The van der Waals surface area contributed by atoms with Crippen molar-refractivity contribution in [2.24, 2.45) is 5.41 Å². The van der Waals surface area contributed by atoms with Crippen molar-refractivity contribution in [2.45, 2.75) is 32.6 Å². The Morgan fingerprint density at radius 1 is 1.32 bits per heavy atom. The number of carbonyl (C=O) groups excluding carboxylic acids is 2. The van der Waals surface area contributed by atoms with E-state index in [2.05, 4.69) is 12.2 Å². The number of benzene rings is 1. The summed E-state index contributed by atoms with van der Waals surface area (Å²) in [6.07, 6.45) is 3.21. The van der Waals surface area contributed by atoms with Crippen LogP contribution in [-0.2, 0) is 9.59 Å². The molecule has 0 aliphatic heterocycles. The molecule has 0 radical (unpaired) electrons. The summed E-state index contributed by atoms with van der Waals surface area (Å²) in [5, 5.41) is 2.84. The summed E-state index contributed by atoms with van der Waals surface area (Å²) in [4.78, 5) is 26.8. The molecule has 0 heterocycles. The average Bonchev–Trinajstić information content (AvgIpc) is 3.34. The predicted molar refractivity (Wildman–Crippen MR) is 85.8 cm³/mol. The summed E-state index contributed by atoms with van der Waals surface area (Å²) in [6.45, 7) is 2.78. The third-order valence-corrected chi connectivity index (χ3v) is 4.14. The fraction of sp³-hybridized carbons (Fsp3) is 0.529. The first-order chi connectivity index (χ1) is 10.5. The van der Waals surface area contributed by atoms with Gasteiger partial charge in [0.15, 0.2) is 0 Å². The van der Waals surface area contributed by atoms with E-state index in [0.717, 1.165) is 12.8 Å². The maximum atomic E-state index is 12.6. The van der Waals surface area contributed by atoms with Crippen molar-refractivity contribution >= 4 is 17.5 Å². The number of para-hydroxylation sites is 2. The first-order valence-corrected chi connectivity index (χ1v) is 7.75. The number of anilines is 1. The van der Waals surface area contributed by atoms with Gasteiger partial charge in [-0.05, 0) is 31.4 Å². The van der Waals surface area contributed by atoms with E-state index in [-0.39, 0.29) is 11.8 Å². The number of nitrogens with zero attached hydrogens (tertiary/aromatic N) is 1. The molecule has 0 aromatic heterocycles. The molecule has 1 aliphatic carbocycles. The second-order valence-electron chi connectivity index (χ2n) is 5.82. The van der Waals surface area contributed by atoms with Gasteiger partial charge in [0, 0.05) is 13.6 Å². The van der Waals surface area contributed by atoms with E-state index >= 15 is 0 Å². The van der Waals surface area contributed by atoms with Gasteiger partial charge in [-0.1, -0.05) is 25.5 Å². The highest BCUT2D eigenvalue weighted by Gasteiger charge is 2.57. The molecule has 0 spiro atoms. The fourth-order valence-electron chi connectivity index (χ4n) is 2.52. The van der Waals surface area contributed by atoms with Gasteiger partial charge in [0.2, 0.25) is 11.8 Å². The summed E-state index contributed by atoms with van der Waals surface area (Å²) < 4.78 is 5.23. The van der Waals surface area contributed by atoms with Crippen LogP contribution in [0.15, 0.2) is 24.3 Å². The maximum absolute atomic E-state index is 12.6. The number of amides is 2. The van der Waals surface area contributed by atoms with Crippen molar-refractivity contribution in [3.8, 4) is 5.75 Å². The van der Waals surface area contributed by atoms with Crippen molar-refractivity contribution < 1.29 is 14.3 Å². The second-order valence-corrected chi connectivity index (χ2v) is 5.82. The predicted octanol–water partition coefficient (Wildman–Crippen LogP) is 2.67. The van der Waals surface area contributed by atoms with Crippen molar-refractivity contribution in [3.63, 3.8) is 0 Å². The molecule has 1 aromatic rings. The van der Waals surface area contributed by atoms with Crippen LogP contribution in [0.3, 0.4) is 0 Å². The fourth-order valence-corrected chi connectivity index (χ4v) is 2.52. The molecule has 5 nitrogen and oxygen atoms in total. The standard InChI is InChI=1S/C17H24N2O3/c1-4-5-12-19(2)16(21)17(10-11-17)15(20)18-13-8-6-7-9-14(13)22-3/h6-9H,4-5,10-12H2,1-3H3,(H,18,20). The van der Waals surface area contributed by atoms with Gasteiger partial charge < -0.3 is 15.0 Å². The molecule has 0 atom stereocenters. The van der Waals surface area contributed by atoms with Crippen LogP contribution in [0.25, 0.3) is 0 Å². The molecule has 1 N–H and O–H groups in total. The molecule has 1 fully saturated rings. The van der Waals surface area contributed by atoms with Gasteiger partial charge in [-0.15, -0.1) is 0 Å². The minimum Gasteiger partial charge on any atom is -0.495 e. The van der Waals surface area contributed by atoms with Gasteiger partial charge in [0.25, 0.3) is 0 Å². The summed E-state index contributed by atoms with van der Waals surface area (Å²) in [7, 11) is 3.33. The third kappa shape index (κ3) is 3.24. The van der Waals surface area contributed by atoms with Crippen LogP contribution in [0.2, 0.25) is 0 Å². The summed E-state index contributed by atoms with van der Waals surface area (Å²) >= 11 is 0. The summed E-state index contributed by atoms with van der Waals surface area (Å²) in [5.41, 5.74) is -0.283. The van der Waals surface area contributed by atoms with Crippen LogP contribution >= 0.6 is 0 Å². The molecule has 1 saturated carbocycles. The highest BCUT2D eigenvalue weighted by atomic mass is 16.5. The van der Waals surface area contributed by atoms with Crippen LogP contribution in [0.5, 0.6) is 5.75 Å². The van der Waals surface area contributed by atoms with E-state index in [1.807, 2.05) is 12.1 Å². The molecule has 22 heavy (non-hydrogen) atoms. The molecule has 0 saturated heterocycles. The molecule has 2 amide bonds. The van der Waals surface area contributed by atoms with Crippen LogP contribution < -0.4 is 10.1 Å². The Morgan fingerprint density at radius 2 is 2.00 bits per heavy atom. The van der Waals surface area contributed by atoms with E-state index in [0.29, 0.717) is 30.8 Å². The topological polar surface area (TPSA) is 58.6 Å². The van der Waals surface area contributed by atoms with Gasteiger partial charge in [0.1, 0.15) is 11.2 Å². The molecular weight excluding hydrogens is 280 g/mol. The first-order valence-electron chi connectivity index (χ1n) is 7.75. The molecule has 1 aromatic carbocycles. The Bertz CT molecular complexity index is 553. The van der Waals surface area contributed by atoms with E-state index in [1.54, 1.807) is 31.2 Å². The number of hydrogen-bond donors (Lipinski definition) is 1. The van der Waals surface area contributed by atoms with Crippen LogP contribution in [0, 0.1) is 5.41 Å². The van der Waals surface area contributed by atoms with Crippen molar-refractivity contribution in [3.05, 3.63) is 24.3 Å². The SMILES string of the molecule is CCCCN(C)C(=O)C1(C(=O)Nc2ccccc2OC)CC1. The molecule has 5 heteroatoms. The lowest BCUT2D eigenvalue weighted by Crippen LogP contribution is -2.41. The van der Waals surface area contributed by atoms with Crippen LogP contribution in [-0.4, -0.2) is 37.4 Å². The van der Waals surface area contributed by atoms with Crippen molar-refractivity contribution in [2.75, 3.05) is 26.0 Å². The number of rotatable bonds is 7. The Morgan fingerprint density at radius 3 is 2.59 bits per heavy atom. The van der Waals surface area contributed by atoms with E-state index in [1.165, 1.54) is 0 Å². The maximum Gasteiger partial charge on any atom is 0.240 e. The number of ether oxygens (including phenoxy) is 1. The van der Waals surface area contributed by atoms with Crippen LogP contribution in [0.4, 0.5) is 5.69 Å². The smallest absolute Gasteiger partial charge is 0.240 e. The third-order valence-electron chi connectivity index (χ3n) is 4.14. The zero-order valence-electron chi connectivity index (χ0n) is 13.5. The van der Waals surface area contributed by atoms with E-state index in [4.69, 9.17) is 4.74 Å². The normalized spacial score (nSPS) is 15.0. The first kappa shape index (κ1) is 16.3. The number of nitrogens with one attached hydrogen (secondary N) is 1. The molecule has 0 unspecified atom stereocenters. The zero-order chi connectivity index (χ0) is 16.2. The van der Waals surface area contributed by atoms with E-state index in [9.17, 15) is 9.59 Å². The lowest BCUT2D eigenvalue weighted by atomic mass is 10.0. The lowest BCUT2D eigenvalue weighted by molar-refractivity contribution is -0.141. The quantitative estimate of drug-likeness (QED) is 0.788. The second kappa shape index (κ2) is 6.81. The van der Waals surface area contributed by atoms with Crippen molar-refractivity contribution in [1.82, 2.24) is 4.90 Å². The molecule has 120 valence electrons. The minimum absolute atomic E-state index is 0.0756. The highest BCUT2D eigenvalue weighted by Crippen LogP contribution is 2.48. The Kier molecular flexibility index (Phi) is 5.06. The Hall–Kier alpha value is -2.04. The largest absolute Gasteiger partial charge is 0.495 e. The van der Waals surface area contributed by atoms with Gasteiger partial charge >= 0.3 is 0 Å². The number of unbranched alkanes of at least 4 members (excludes halogenated alkanes) is 1. The van der Waals surface area contributed by atoms with Gasteiger partial charge in [-0.3, -0.25) is 9.59 Å². The summed E-state index contributed by atoms with van der Waals surface area (Å²) in [5.74, 6) is 0.289. The highest BCUT2D eigenvalue weighted by molar-refractivity contribution is 6.13. The molecule has 2 rings (SSSR count). The number of hydrogen-bond acceptors (Lipinski definition) is 3. The minimum atomic E-state index is -0.886. The Labute approximate surface area is 131 Å². The average molecular weight is 304 g/mol. The zero-order valence-corrected chi connectivity index (χ0v) is 13.5. The molecule has 0 bridgehead atoms. The van der Waals surface area contributed by atoms with Gasteiger partial charge in [0.05, 0.1) is 12.8 Å². The monoisotopic (exact) mass is 304 g/mol. The molecule has 1 aliphatic rings. The Balaban J connectivity index is 2.07. The summed E-state index contributed by atoms with van der Waals surface area (Å²) in [6, 6.07) is 7.22. The lowest BCUT2D eigenvalue weighted by Gasteiger charge is -2.23. The number of carbonyl (C=O) groups is 2. The molecular formula is C17H24N2O3. The number of methoxy groups -OCH3 is 1. The van der Waals surface area contributed by atoms with Gasteiger partial charge in [-0.2, -0.15) is 0 Å². The van der Waals surface area contributed by atoms with Crippen molar-refractivity contribution in [1.29, 1.82) is 0 Å².